The molecule has 1 N–H and O–H groups in total. The zero-order valence-electron chi connectivity index (χ0n) is 21.5. The van der Waals surface area contributed by atoms with Crippen LogP contribution in [-0.2, 0) is 14.8 Å². The number of carbonyl (C=O) groups is 1. The highest BCUT2D eigenvalue weighted by Gasteiger charge is 2.31. The number of nitrogens with one attached hydrogen (secondary N) is 1. The number of hydrogen-bond donors (Lipinski definition) is 1. The van der Waals surface area contributed by atoms with E-state index in [1.54, 1.807) is 49.4 Å². The van der Waals surface area contributed by atoms with Crippen LogP contribution >= 0.6 is 0 Å². The Morgan fingerprint density at radius 3 is 1.92 bits per heavy atom. The van der Waals surface area contributed by atoms with Crippen molar-refractivity contribution in [2.75, 3.05) is 25.1 Å². The second kappa shape index (κ2) is 11.8. The number of aryl methyl sites for hydroxylation is 1. The smallest absolute Gasteiger partial charge is 0.268 e. The van der Waals surface area contributed by atoms with Gasteiger partial charge in [-0.3, -0.25) is 9.10 Å². The Morgan fingerprint density at radius 2 is 1.39 bits per heavy atom. The highest BCUT2D eigenvalue weighted by Crippen LogP contribution is 2.32. The molecule has 0 radical (unpaired) electrons. The van der Waals surface area contributed by atoms with Crippen LogP contribution in [0.1, 0.15) is 22.7 Å². The minimum Gasteiger partial charge on any atom is -0.497 e. The van der Waals surface area contributed by atoms with E-state index in [1.807, 2.05) is 60.7 Å². The molecule has 0 fully saturated rings. The van der Waals surface area contributed by atoms with Crippen LogP contribution in [-0.4, -0.2) is 35.1 Å². The molecule has 0 atom stereocenters. The SMILES string of the molecule is COc1ccc(N(CC(=O)NC(c2ccccc2)c2ccccc2)S(=O)(=O)c2cc(C)ccc2OC)cc1. The van der Waals surface area contributed by atoms with E-state index in [9.17, 15) is 13.2 Å². The van der Waals surface area contributed by atoms with Gasteiger partial charge in [0.15, 0.2) is 0 Å². The fraction of sp³-hybridized carbons (Fsp3) is 0.167. The van der Waals surface area contributed by atoms with Gasteiger partial charge in [0.2, 0.25) is 5.91 Å². The summed E-state index contributed by atoms with van der Waals surface area (Å²) in [5.74, 6) is 0.298. The lowest BCUT2D eigenvalue weighted by Crippen LogP contribution is -2.42. The summed E-state index contributed by atoms with van der Waals surface area (Å²) in [7, 11) is -1.25. The third kappa shape index (κ3) is 5.98. The van der Waals surface area contributed by atoms with Crippen molar-refractivity contribution in [2.24, 2.45) is 0 Å². The predicted molar refractivity (Wildman–Crippen MR) is 148 cm³/mol. The van der Waals surface area contributed by atoms with Gasteiger partial charge in [0.25, 0.3) is 10.0 Å². The largest absolute Gasteiger partial charge is 0.497 e. The number of sulfonamides is 1. The van der Waals surface area contributed by atoms with Crippen molar-refractivity contribution in [3.05, 3.63) is 120 Å². The first-order valence-electron chi connectivity index (χ1n) is 12.0. The van der Waals surface area contributed by atoms with E-state index in [1.165, 1.54) is 14.2 Å². The van der Waals surface area contributed by atoms with E-state index >= 15 is 0 Å². The van der Waals surface area contributed by atoms with Crippen LogP contribution in [0, 0.1) is 6.92 Å². The molecule has 0 heterocycles. The van der Waals surface area contributed by atoms with Gasteiger partial charge >= 0.3 is 0 Å². The lowest BCUT2D eigenvalue weighted by atomic mass is 9.99. The average molecular weight is 531 g/mol. The fourth-order valence-corrected chi connectivity index (χ4v) is 5.82. The van der Waals surface area contributed by atoms with Gasteiger partial charge in [-0.1, -0.05) is 66.7 Å². The number of rotatable bonds is 10. The zero-order chi connectivity index (χ0) is 27.1. The maximum atomic E-state index is 14.0. The van der Waals surface area contributed by atoms with E-state index in [4.69, 9.17) is 9.47 Å². The van der Waals surface area contributed by atoms with Crippen molar-refractivity contribution in [2.45, 2.75) is 17.9 Å². The highest BCUT2D eigenvalue weighted by molar-refractivity contribution is 7.93. The number of benzene rings is 4. The number of carbonyl (C=O) groups excluding carboxylic acids is 1. The van der Waals surface area contributed by atoms with Crippen LogP contribution in [0.4, 0.5) is 5.69 Å². The second-order valence-corrected chi connectivity index (χ2v) is 10.5. The average Bonchev–Trinajstić information content (AvgIpc) is 2.95. The lowest BCUT2D eigenvalue weighted by molar-refractivity contribution is -0.120. The summed E-state index contributed by atoms with van der Waals surface area (Å²) in [6, 6.07) is 30.1. The molecule has 0 aliphatic carbocycles. The summed E-state index contributed by atoms with van der Waals surface area (Å²) in [6.07, 6.45) is 0. The minimum atomic E-state index is -4.19. The van der Waals surface area contributed by atoms with Crippen LogP contribution in [0.2, 0.25) is 0 Å². The first-order valence-corrected chi connectivity index (χ1v) is 13.5. The molecule has 0 aliphatic rings. The molecular weight excluding hydrogens is 500 g/mol. The van der Waals surface area contributed by atoms with Crippen molar-refractivity contribution in [1.82, 2.24) is 5.32 Å². The van der Waals surface area contributed by atoms with Gasteiger partial charge < -0.3 is 14.8 Å². The Balaban J connectivity index is 1.73. The molecule has 38 heavy (non-hydrogen) atoms. The van der Waals surface area contributed by atoms with Crippen molar-refractivity contribution in [1.29, 1.82) is 0 Å². The monoisotopic (exact) mass is 530 g/mol. The number of methoxy groups -OCH3 is 2. The van der Waals surface area contributed by atoms with E-state index in [0.29, 0.717) is 11.4 Å². The summed E-state index contributed by atoms with van der Waals surface area (Å²) in [4.78, 5) is 13.5. The number of nitrogens with zero attached hydrogens (tertiary/aromatic N) is 1. The molecule has 0 saturated heterocycles. The zero-order valence-corrected chi connectivity index (χ0v) is 22.3. The second-order valence-electron chi connectivity index (χ2n) is 8.69. The fourth-order valence-electron chi connectivity index (χ4n) is 4.15. The van der Waals surface area contributed by atoms with E-state index in [2.05, 4.69) is 5.32 Å². The number of amides is 1. The van der Waals surface area contributed by atoms with Crippen molar-refractivity contribution >= 4 is 21.6 Å². The molecule has 0 saturated carbocycles. The van der Waals surface area contributed by atoms with Crippen molar-refractivity contribution < 1.29 is 22.7 Å². The summed E-state index contributed by atoms with van der Waals surface area (Å²) < 4.78 is 39.7. The molecule has 4 aromatic rings. The molecule has 4 aromatic carbocycles. The third-order valence-electron chi connectivity index (χ3n) is 6.11. The molecular formula is C30H30N2O5S. The molecule has 8 heteroatoms. The van der Waals surface area contributed by atoms with Gasteiger partial charge in [0.1, 0.15) is 22.9 Å². The Morgan fingerprint density at radius 1 is 0.816 bits per heavy atom. The molecule has 0 aromatic heterocycles. The van der Waals surface area contributed by atoms with Gasteiger partial charge in [0, 0.05) is 0 Å². The normalized spacial score (nSPS) is 11.2. The van der Waals surface area contributed by atoms with E-state index < -0.39 is 28.5 Å². The standard InChI is InChI=1S/C30H30N2O5S/c1-22-14-19-27(37-3)28(20-22)38(34,35)32(25-15-17-26(36-2)18-16-25)21-29(33)31-30(23-10-6-4-7-11-23)24-12-8-5-9-13-24/h4-20,30H,21H2,1-3H3,(H,31,33). The van der Waals surface area contributed by atoms with Gasteiger partial charge in [-0.25, -0.2) is 8.42 Å². The van der Waals surface area contributed by atoms with Gasteiger partial charge in [-0.2, -0.15) is 0 Å². The van der Waals surface area contributed by atoms with E-state index in [0.717, 1.165) is 21.0 Å². The number of ether oxygens (including phenoxy) is 2. The molecule has 0 bridgehead atoms. The molecule has 7 nitrogen and oxygen atoms in total. The summed E-state index contributed by atoms with van der Waals surface area (Å²) in [5, 5.41) is 3.03. The van der Waals surface area contributed by atoms with E-state index in [-0.39, 0.29) is 10.6 Å². The van der Waals surface area contributed by atoms with Crippen LogP contribution in [0.3, 0.4) is 0 Å². The van der Waals surface area contributed by atoms with Crippen LogP contribution in [0.25, 0.3) is 0 Å². The Hall–Kier alpha value is -4.30. The van der Waals surface area contributed by atoms with Crippen molar-refractivity contribution in [3.63, 3.8) is 0 Å². The highest BCUT2D eigenvalue weighted by atomic mass is 32.2. The van der Waals surface area contributed by atoms with Crippen molar-refractivity contribution in [3.8, 4) is 11.5 Å². The topological polar surface area (TPSA) is 84.9 Å². The number of anilines is 1. The Bertz CT molecular complexity index is 1440. The number of hydrogen-bond acceptors (Lipinski definition) is 5. The Kier molecular flexibility index (Phi) is 8.33. The summed E-state index contributed by atoms with van der Waals surface area (Å²) in [5.41, 5.74) is 2.83. The predicted octanol–water partition coefficient (Wildman–Crippen LogP) is 5.11. The van der Waals surface area contributed by atoms with Crippen LogP contribution < -0.4 is 19.1 Å². The third-order valence-corrected chi connectivity index (χ3v) is 7.90. The first-order chi connectivity index (χ1) is 18.3. The molecule has 0 aliphatic heterocycles. The van der Waals surface area contributed by atoms with Crippen LogP contribution in [0.5, 0.6) is 11.5 Å². The maximum Gasteiger partial charge on any atom is 0.268 e. The summed E-state index contributed by atoms with van der Waals surface area (Å²) in [6.45, 7) is 1.36. The lowest BCUT2D eigenvalue weighted by Gasteiger charge is -2.27. The maximum absolute atomic E-state index is 14.0. The van der Waals surface area contributed by atoms with Crippen LogP contribution in [0.15, 0.2) is 108 Å². The summed E-state index contributed by atoms with van der Waals surface area (Å²) >= 11 is 0. The molecule has 0 unspecified atom stereocenters. The van der Waals surface area contributed by atoms with Gasteiger partial charge in [-0.05, 0) is 60.0 Å². The van der Waals surface area contributed by atoms with Gasteiger partial charge in [0.05, 0.1) is 25.9 Å². The molecule has 1 amide bonds. The minimum absolute atomic E-state index is 0.0220. The first kappa shape index (κ1) is 26.8. The van der Waals surface area contributed by atoms with Gasteiger partial charge in [-0.15, -0.1) is 0 Å². The molecule has 0 spiro atoms. The Labute approximate surface area is 223 Å². The molecule has 4 rings (SSSR count). The molecule has 196 valence electrons. The quantitative estimate of drug-likeness (QED) is 0.308.